The molecule has 0 bridgehead atoms. The molecule has 0 aliphatic heterocycles. The van der Waals surface area contributed by atoms with Crippen LogP contribution in [0, 0.1) is 6.92 Å². The smallest absolute Gasteiger partial charge is 0.105 e. The molecule has 0 aromatic carbocycles. The maximum atomic E-state index is 4.33. The predicted octanol–water partition coefficient (Wildman–Crippen LogP) is 1.94. The highest BCUT2D eigenvalue weighted by Gasteiger charge is 2.04. The molecular weight excluding hydrogens is 212 g/mol. The van der Waals surface area contributed by atoms with Gasteiger partial charge >= 0.3 is 0 Å². The Kier molecular flexibility index (Phi) is 3.88. The van der Waals surface area contributed by atoms with Crippen molar-refractivity contribution >= 4 is 0 Å². The number of hydrogen-bond acceptors (Lipinski definition) is 3. The van der Waals surface area contributed by atoms with E-state index in [0.717, 1.165) is 24.6 Å². The maximum absolute atomic E-state index is 4.33. The third kappa shape index (κ3) is 3.14. The standard InChI is InChI=1S/C13H18N4/c1-11(13-5-3-4-6-16-13)14-7-9-17-10-8-15-12(17)2/h3-6,8,10-11,14H,7,9H2,1-2H3/t11-/m1/s1. The molecular formula is C13H18N4. The molecule has 0 unspecified atom stereocenters. The summed E-state index contributed by atoms with van der Waals surface area (Å²) in [6.07, 6.45) is 5.66. The number of aryl methyl sites for hydroxylation is 1. The number of rotatable bonds is 5. The number of aromatic nitrogens is 3. The Labute approximate surface area is 102 Å². The Hall–Kier alpha value is -1.68. The minimum Gasteiger partial charge on any atom is -0.334 e. The molecule has 4 nitrogen and oxygen atoms in total. The molecule has 17 heavy (non-hydrogen) atoms. The van der Waals surface area contributed by atoms with Crippen molar-refractivity contribution in [1.82, 2.24) is 19.9 Å². The lowest BCUT2D eigenvalue weighted by atomic mass is 10.2. The van der Waals surface area contributed by atoms with Gasteiger partial charge in [-0.25, -0.2) is 4.98 Å². The van der Waals surface area contributed by atoms with Crippen molar-refractivity contribution in [2.24, 2.45) is 0 Å². The van der Waals surface area contributed by atoms with Crippen LogP contribution < -0.4 is 5.32 Å². The van der Waals surface area contributed by atoms with Crippen LogP contribution in [0.15, 0.2) is 36.8 Å². The molecule has 0 aliphatic carbocycles. The largest absolute Gasteiger partial charge is 0.334 e. The van der Waals surface area contributed by atoms with Gasteiger partial charge < -0.3 is 9.88 Å². The fourth-order valence-electron chi connectivity index (χ4n) is 1.78. The molecule has 2 rings (SSSR count). The van der Waals surface area contributed by atoms with Gasteiger partial charge in [0.1, 0.15) is 5.82 Å². The third-order valence-corrected chi connectivity index (χ3v) is 2.86. The van der Waals surface area contributed by atoms with E-state index in [4.69, 9.17) is 0 Å². The number of imidazole rings is 1. The summed E-state index contributed by atoms with van der Waals surface area (Å²) in [4.78, 5) is 8.53. The minimum absolute atomic E-state index is 0.278. The van der Waals surface area contributed by atoms with Crippen molar-refractivity contribution in [3.05, 3.63) is 48.3 Å². The van der Waals surface area contributed by atoms with Crippen LogP contribution in [-0.4, -0.2) is 21.1 Å². The monoisotopic (exact) mass is 230 g/mol. The minimum atomic E-state index is 0.278. The lowest BCUT2D eigenvalue weighted by molar-refractivity contribution is 0.518. The summed E-state index contributed by atoms with van der Waals surface area (Å²) in [7, 11) is 0. The Morgan fingerprint density at radius 2 is 2.18 bits per heavy atom. The summed E-state index contributed by atoms with van der Waals surface area (Å²) in [5.41, 5.74) is 1.08. The summed E-state index contributed by atoms with van der Waals surface area (Å²) in [6.45, 7) is 5.99. The number of pyridine rings is 1. The Bertz CT molecular complexity index is 449. The molecule has 90 valence electrons. The first-order valence-electron chi connectivity index (χ1n) is 5.89. The maximum Gasteiger partial charge on any atom is 0.105 e. The first-order valence-corrected chi connectivity index (χ1v) is 5.89. The molecule has 0 radical (unpaired) electrons. The van der Waals surface area contributed by atoms with E-state index >= 15 is 0 Å². The highest BCUT2D eigenvalue weighted by molar-refractivity contribution is 5.07. The highest BCUT2D eigenvalue weighted by atomic mass is 15.1. The van der Waals surface area contributed by atoms with E-state index in [0.29, 0.717) is 0 Å². The van der Waals surface area contributed by atoms with Crippen molar-refractivity contribution in [3.63, 3.8) is 0 Å². The van der Waals surface area contributed by atoms with Crippen LogP contribution in [0.3, 0.4) is 0 Å². The average molecular weight is 230 g/mol. The summed E-state index contributed by atoms with van der Waals surface area (Å²) in [5, 5.41) is 3.45. The second-order valence-corrected chi connectivity index (χ2v) is 4.10. The van der Waals surface area contributed by atoms with Gasteiger partial charge in [0.25, 0.3) is 0 Å². The highest BCUT2D eigenvalue weighted by Crippen LogP contribution is 2.07. The van der Waals surface area contributed by atoms with E-state index in [1.807, 2.05) is 43.7 Å². The zero-order valence-corrected chi connectivity index (χ0v) is 10.3. The lowest BCUT2D eigenvalue weighted by Crippen LogP contribution is -2.24. The van der Waals surface area contributed by atoms with Crippen LogP contribution in [0.25, 0.3) is 0 Å². The number of hydrogen-bond donors (Lipinski definition) is 1. The summed E-state index contributed by atoms with van der Waals surface area (Å²) in [6, 6.07) is 6.27. The second-order valence-electron chi connectivity index (χ2n) is 4.10. The van der Waals surface area contributed by atoms with E-state index in [-0.39, 0.29) is 6.04 Å². The first-order chi connectivity index (χ1) is 8.27. The molecule has 0 amide bonds. The van der Waals surface area contributed by atoms with Crippen molar-refractivity contribution in [2.45, 2.75) is 26.4 Å². The van der Waals surface area contributed by atoms with Crippen LogP contribution in [0.5, 0.6) is 0 Å². The predicted molar refractivity (Wildman–Crippen MR) is 67.6 cm³/mol. The SMILES string of the molecule is Cc1nccn1CCN[C@H](C)c1ccccn1. The van der Waals surface area contributed by atoms with Gasteiger partial charge in [0, 0.05) is 37.7 Å². The van der Waals surface area contributed by atoms with E-state index < -0.39 is 0 Å². The molecule has 1 atom stereocenters. The van der Waals surface area contributed by atoms with Gasteiger partial charge in [0.05, 0.1) is 5.69 Å². The Morgan fingerprint density at radius 3 is 2.82 bits per heavy atom. The summed E-state index contributed by atoms with van der Waals surface area (Å²) >= 11 is 0. The molecule has 2 aromatic heterocycles. The molecule has 0 saturated carbocycles. The number of nitrogens with zero attached hydrogens (tertiary/aromatic N) is 3. The summed E-state index contributed by atoms with van der Waals surface area (Å²) < 4.78 is 2.14. The van der Waals surface area contributed by atoms with Gasteiger partial charge in [-0.1, -0.05) is 6.07 Å². The number of nitrogens with one attached hydrogen (secondary N) is 1. The molecule has 2 heterocycles. The van der Waals surface area contributed by atoms with Crippen molar-refractivity contribution < 1.29 is 0 Å². The van der Waals surface area contributed by atoms with Gasteiger partial charge in [-0.05, 0) is 26.0 Å². The fourth-order valence-corrected chi connectivity index (χ4v) is 1.78. The average Bonchev–Trinajstić information content (AvgIpc) is 2.76. The second kappa shape index (κ2) is 5.59. The molecule has 1 N–H and O–H groups in total. The Balaban J connectivity index is 1.81. The van der Waals surface area contributed by atoms with Gasteiger partial charge in [0.2, 0.25) is 0 Å². The van der Waals surface area contributed by atoms with E-state index in [9.17, 15) is 0 Å². The van der Waals surface area contributed by atoms with Crippen molar-refractivity contribution in [1.29, 1.82) is 0 Å². The van der Waals surface area contributed by atoms with Gasteiger partial charge in [-0.15, -0.1) is 0 Å². The van der Waals surface area contributed by atoms with E-state index in [1.165, 1.54) is 0 Å². The van der Waals surface area contributed by atoms with Gasteiger partial charge in [0.15, 0.2) is 0 Å². The summed E-state index contributed by atoms with van der Waals surface area (Å²) in [5.74, 6) is 1.05. The van der Waals surface area contributed by atoms with Crippen LogP contribution in [-0.2, 0) is 6.54 Å². The zero-order valence-electron chi connectivity index (χ0n) is 10.3. The van der Waals surface area contributed by atoms with Crippen LogP contribution >= 0.6 is 0 Å². The van der Waals surface area contributed by atoms with Crippen LogP contribution in [0.2, 0.25) is 0 Å². The van der Waals surface area contributed by atoms with Crippen molar-refractivity contribution in [3.8, 4) is 0 Å². The lowest BCUT2D eigenvalue weighted by Gasteiger charge is -2.13. The quantitative estimate of drug-likeness (QED) is 0.853. The normalized spacial score (nSPS) is 12.6. The van der Waals surface area contributed by atoms with E-state index in [1.54, 1.807) is 0 Å². The first kappa shape index (κ1) is 11.8. The molecule has 0 saturated heterocycles. The molecule has 2 aromatic rings. The fraction of sp³-hybridized carbons (Fsp3) is 0.385. The van der Waals surface area contributed by atoms with Gasteiger partial charge in [-0.2, -0.15) is 0 Å². The van der Waals surface area contributed by atoms with E-state index in [2.05, 4.69) is 26.8 Å². The topological polar surface area (TPSA) is 42.7 Å². The molecule has 0 aliphatic rings. The molecule has 0 spiro atoms. The van der Waals surface area contributed by atoms with Gasteiger partial charge in [-0.3, -0.25) is 4.98 Å². The van der Waals surface area contributed by atoms with Crippen LogP contribution in [0.4, 0.5) is 0 Å². The molecule has 4 heteroatoms. The van der Waals surface area contributed by atoms with Crippen LogP contribution in [0.1, 0.15) is 24.5 Å². The third-order valence-electron chi connectivity index (χ3n) is 2.86. The Morgan fingerprint density at radius 1 is 1.29 bits per heavy atom. The van der Waals surface area contributed by atoms with Crippen molar-refractivity contribution in [2.75, 3.05) is 6.54 Å². The molecule has 0 fully saturated rings. The zero-order chi connectivity index (χ0) is 12.1.